The summed E-state index contributed by atoms with van der Waals surface area (Å²) in [6, 6.07) is 19.2. The summed E-state index contributed by atoms with van der Waals surface area (Å²) in [7, 11) is 0. The molecule has 0 radical (unpaired) electrons. The second kappa shape index (κ2) is 9.60. The third-order valence-corrected chi connectivity index (χ3v) is 4.36. The first-order valence-corrected chi connectivity index (χ1v) is 9.22. The maximum Gasteiger partial charge on any atom is 0.233 e. The molecule has 0 bridgehead atoms. The van der Waals surface area contributed by atoms with Crippen molar-refractivity contribution in [2.45, 2.75) is 19.3 Å². The van der Waals surface area contributed by atoms with Crippen molar-refractivity contribution in [3.8, 4) is 17.1 Å². The van der Waals surface area contributed by atoms with Crippen molar-refractivity contribution in [1.29, 1.82) is 0 Å². The van der Waals surface area contributed by atoms with Gasteiger partial charge in [0.05, 0.1) is 18.2 Å². The van der Waals surface area contributed by atoms with Crippen LogP contribution < -0.4 is 10.1 Å². The number of benzene rings is 2. The van der Waals surface area contributed by atoms with E-state index in [1.165, 1.54) is 12.1 Å². The highest BCUT2D eigenvalue weighted by Gasteiger charge is 2.17. The Balaban J connectivity index is 1.47. The number of hydrogen-bond donors (Lipinski definition) is 1. The van der Waals surface area contributed by atoms with E-state index in [0.29, 0.717) is 24.7 Å². The van der Waals surface area contributed by atoms with Gasteiger partial charge in [0.2, 0.25) is 11.8 Å². The molecule has 5 nitrogen and oxygen atoms in total. The molecule has 1 amide bonds. The van der Waals surface area contributed by atoms with Crippen molar-refractivity contribution in [2.24, 2.45) is 0 Å². The van der Waals surface area contributed by atoms with Crippen LogP contribution in [0.15, 0.2) is 66.7 Å². The Bertz CT molecular complexity index is 884. The molecule has 1 aromatic heterocycles. The second-order valence-corrected chi connectivity index (χ2v) is 6.27. The van der Waals surface area contributed by atoms with Gasteiger partial charge in [0.25, 0.3) is 0 Å². The highest BCUT2D eigenvalue weighted by Crippen LogP contribution is 2.19. The first-order chi connectivity index (χ1) is 13.7. The van der Waals surface area contributed by atoms with Gasteiger partial charge in [-0.2, -0.15) is 0 Å². The topological polar surface area (TPSA) is 64.1 Å². The summed E-state index contributed by atoms with van der Waals surface area (Å²) in [4.78, 5) is 12.4. The van der Waals surface area contributed by atoms with E-state index in [1.54, 1.807) is 24.3 Å². The first kappa shape index (κ1) is 19.5. The molecule has 0 spiro atoms. The molecule has 0 aliphatic rings. The number of carbonyl (C=O) groups is 1. The zero-order chi connectivity index (χ0) is 19.8. The Morgan fingerprint density at radius 1 is 1.04 bits per heavy atom. The molecule has 0 saturated heterocycles. The molecule has 1 atom stereocenters. The van der Waals surface area contributed by atoms with Gasteiger partial charge in [-0.05, 0) is 42.3 Å². The molecular formula is C22H22FN3O2. The molecule has 1 heterocycles. The number of amides is 1. The summed E-state index contributed by atoms with van der Waals surface area (Å²) in [6.07, 6.45) is 0.729. The summed E-state index contributed by atoms with van der Waals surface area (Å²) in [5.41, 5.74) is 2.42. The lowest BCUT2D eigenvalue weighted by Crippen LogP contribution is -2.32. The average Bonchev–Trinajstić information content (AvgIpc) is 2.74. The molecule has 0 unspecified atom stereocenters. The van der Waals surface area contributed by atoms with E-state index in [2.05, 4.69) is 15.5 Å². The summed E-state index contributed by atoms with van der Waals surface area (Å²) in [5, 5.41) is 11.0. The Hall–Kier alpha value is -3.28. The van der Waals surface area contributed by atoms with Crippen molar-refractivity contribution < 1.29 is 13.9 Å². The summed E-state index contributed by atoms with van der Waals surface area (Å²) in [5.74, 6) is -0.113. The van der Waals surface area contributed by atoms with Gasteiger partial charge in [-0.25, -0.2) is 4.39 Å². The second-order valence-electron chi connectivity index (χ2n) is 6.27. The lowest BCUT2D eigenvalue weighted by Gasteiger charge is -2.15. The number of halogens is 1. The third kappa shape index (κ3) is 5.13. The van der Waals surface area contributed by atoms with Gasteiger partial charge in [0.1, 0.15) is 12.4 Å². The lowest BCUT2D eigenvalue weighted by atomic mass is 9.96. The van der Waals surface area contributed by atoms with Crippen LogP contribution in [0.5, 0.6) is 5.88 Å². The number of nitrogens with zero attached hydrogens (tertiary/aromatic N) is 2. The van der Waals surface area contributed by atoms with Gasteiger partial charge in [-0.1, -0.05) is 37.3 Å². The largest absolute Gasteiger partial charge is 0.475 e. The standard InChI is InChI=1S/C22H22FN3O2/c1-2-19(16-6-4-3-5-7-16)22(27)24-14-15-28-21-13-12-20(25-26-21)17-8-10-18(23)11-9-17/h3-13,19H,2,14-15H2,1H3,(H,24,27)/t19-/m0/s1. The maximum atomic E-state index is 13.0. The van der Waals surface area contributed by atoms with Crippen LogP contribution in [0.2, 0.25) is 0 Å². The number of rotatable bonds is 8. The van der Waals surface area contributed by atoms with Crippen molar-refractivity contribution in [3.05, 3.63) is 78.1 Å². The summed E-state index contributed by atoms with van der Waals surface area (Å²) >= 11 is 0. The fourth-order valence-corrected chi connectivity index (χ4v) is 2.88. The van der Waals surface area contributed by atoms with E-state index < -0.39 is 0 Å². The zero-order valence-corrected chi connectivity index (χ0v) is 15.6. The molecule has 0 saturated carbocycles. The summed E-state index contributed by atoms with van der Waals surface area (Å²) in [6.45, 7) is 2.66. The van der Waals surface area contributed by atoms with Gasteiger partial charge in [0.15, 0.2) is 0 Å². The van der Waals surface area contributed by atoms with Crippen LogP contribution >= 0.6 is 0 Å². The van der Waals surface area contributed by atoms with Crippen molar-refractivity contribution >= 4 is 5.91 Å². The number of carbonyl (C=O) groups excluding carboxylic acids is 1. The molecule has 1 N–H and O–H groups in total. The third-order valence-electron chi connectivity index (χ3n) is 4.36. The normalized spacial score (nSPS) is 11.6. The molecule has 0 aliphatic carbocycles. The number of nitrogens with one attached hydrogen (secondary N) is 1. The molecule has 6 heteroatoms. The van der Waals surface area contributed by atoms with Gasteiger partial charge in [0, 0.05) is 11.6 Å². The average molecular weight is 379 g/mol. The molecule has 144 valence electrons. The monoisotopic (exact) mass is 379 g/mol. The Labute approximate surface area is 163 Å². The number of aromatic nitrogens is 2. The zero-order valence-electron chi connectivity index (χ0n) is 15.6. The van der Waals surface area contributed by atoms with Crippen LogP contribution in [0.25, 0.3) is 11.3 Å². The molecule has 0 fully saturated rings. The van der Waals surface area contributed by atoms with E-state index in [4.69, 9.17) is 4.74 Å². The van der Waals surface area contributed by atoms with Gasteiger partial charge < -0.3 is 10.1 Å². The minimum absolute atomic E-state index is 0.0185. The highest BCUT2D eigenvalue weighted by molar-refractivity contribution is 5.83. The van der Waals surface area contributed by atoms with E-state index in [-0.39, 0.29) is 17.6 Å². The minimum Gasteiger partial charge on any atom is -0.475 e. The lowest BCUT2D eigenvalue weighted by molar-refractivity contribution is -0.122. The molecule has 28 heavy (non-hydrogen) atoms. The fourth-order valence-electron chi connectivity index (χ4n) is 2.88. The summed E-state index contributed by atoms with van der Waals surface area (Å²) < 4.78 is 18.5. The first-order valence-electron chi connectivity index (χ1n) is 9.22. The van der Waals surface area contributed by atoms with E-state index >= 15 is 0 Å². The fraction of sp³-hybridized carbons (Fsp3) is 0.227. The van der Waals surface area contributed by atoms with Crippen molar-refractivity contribution in [2.75, 3.05) is 13.2 Å². The quantitative estimate of drug-likeness (QED) is 0.602. The van der Waals surface area contributed by atoms with Crippen LogP contribution in [-0.4, -0.2) is 29.3 Å². The van der Waals surface area contributed by atoms with Crippen LogP contribution in [0.1, 0.15) is 24.8 Å². The molecular weight excluding hydrogens is 357 g/mol. The van der Waals surface area contributed by atoms with Crippen LogP contribution in [-0.2, 0) is 4.79 Å². The van der Waals surface area contributed by atoms with Crippen LogP contribution in [0.3, 0.4) is 0 Å². The van der Waals surface area contributed by atoms with E-state index in [1.807, 2.05) is 37.3 Å². The van der Waals surface area contributed by atoms with Gasteiger partial charge in [-0.15, -0.1) is 10.2 Å². The predicted molar refractivity (Wildman–Crippen MR) is 105 cm³/mol. The minimum atomic E-state index is -0.295. The highest BCUT2D eigenvalue weighted by atomic mass is 19.1. The van der Waals surface area contributed by atoms with Crippen molar-refractivity contribution in [1.82, 2.24) is 15.5 Å². The predicted octanol–water partition coefficient (Wildman–Crippen LogP) is 3.97. The molecule has 3 aromatic rings. The van der Waals surface area contributed by atoms with E-state index in [0.717, 1.165) is 17.5 Å². The SMILES string of the molecule is CC[C@H](C(=O)NCCOc1ccc(-c2ccc(F)cc2)nn1)c1ccccc1. The van der Waals surface area contributed by atoms with Crippen molar-refractivity contribution in [3.63, 3.8) is 0 Å². The number of hydrogen-bond acceptors (Lipinski definition) is 4. The maximum absolute atomic E-state index is 13.0. The molecule has 2 aromatic carbocycles. The van der Waals surface area contributed by atoms with Crippen LogP contribution in [0.4, 0.5) is 4.39 Å². The smallest absolute Gasteiger partial charge is 0.233 e. The van der Waals surface area contributed by atoms with Gasteiger partial charge in [-0.3, -0.25) is 4.79 Å². The Kier molecular flexibility index (Phi) is 6.68. The van der Waals surface area contributed by atoms with E-state index in [9.17, 15) is 9.18 Å². The van der Waals surface area contributed by atoms with Crippen LogP contribution in [0, 0.1) is 5.82 Å². The number of ether oxygens (including phenoxy) is 1. The Morgan fingerprint density at radius 2 is 1.79 bits per heavy atom. The van der Waals surface area contributed by atoms with Gasteiger partial charge >= 0.3 is 0 Å². The molecule has 0 aliphatic heterocycles. The Morgan fingerprint density at radius 3 is 2.43 bits per heavy atom. The molecule has 3 rings (SSSR count).